The second kappa shape index (κ2) is 5.92. The van der Waals surface area contributed by atoms with Crippen LogP contribution >= 0.6 is 11.8 Å². The molecule has 0 atom stereocenters. The van der Waals surface area contributed by atoms with Gasteiger partial charge in [0.05, 0.1) is 4.92 Å². The summed E-state index contributed by atoms with van der Waals surface area (Å²) in [5.74, 6) is -0.322. The summed E-state index contributed by atoms with van der Waals surface area (Å²) in [6, 6.07) is 4.22. The minimum absolute atomic E-state index is 0.259. The van der Waals surface area contributed by atoms with Crippen LogP contribution in [0.2, 0.25) is 0 Å². The summed E-state index contributed by atoms with van der Waals surface area (Å²) in [6.45, 7) is 1.80. The molecule has 0 aliphatic rings. The van der Waals surface area contributed by atoms with E-state index in [-0.39, 0.29) is 11.3 Å². The van der Waals surface area contributed by atoms with Crippen LogP contribution in [0.4, 0.5) is 5.69 Å². The van der Waals surface area contributed by atoms with Gasteiger partial charge in [-0.1, -0.05) is 23.9 Å². The lowest BCUT2D eigenvalue weighted by molar-refractivity contribution is -0.385. The molecule has 0 saturated heterocycles. The minimum atomic E-state index is -1.31. The lowest BCUT2D eigenvalue weighted by Gasteiger charge is -2.06. The molecule has 110 valence electrons. The maximum Gasteiger partial charge on any atom is 0.343 e. The quantitative estimate of drug-likeness (QED) is 0.511. The highest BCUT2D eigenvalue weighted by molar-refractivity contribution is 7.98. The van der Waals surface area contributed by atoms with E-state index >= 15 is 0 Å². The van der Waals surface area contributed by atoms with Gasteiger partial charge in [0.1, 0.15) is 11.4 Å². The standard InChI is InChI=1S/C12H12N4O4S/c1-7-13-14-12(15(7)2)21-6-8-4-3-5-9(16(19)20)10(8)11(17)18/h3-5H,6H2,1-2H3,(H,17,18). The van der Waals surface area contributed by atoms with Gasteiger partial charge in [-0.15, -0.1) is 10.2 Å². The van der Waals surface area contributed by atoms with Crippen molar-refractivity contribution >= 4 is 23.4 Å². The molecule has 1 aromatic heterocycles. The molecule has 8 nitrogen and oxygen atoms in total. The Morgan fingerprint density at radius 2 is 2.19 bits per heavy atom. The van der Waals surface area contributed by atoms with Gasteiger partial charge >= 0.3 is 5.97 Å². The first-order valence-corrected chi connectivity index (χ1v) is 6.88. The zero-order valence-electron chi connectivity index (χ0n) is 11.3. The number of thioether (sulfide) groups is 1. The number of hydrogen-bond donors (Lipinski definition) is 1. The molecule has 0 fully saturated rings. The summed E-state index contributed by atoms with van der Waals surface area (Å²) in [5, 5.41) is 28.6. The summed E-state index contributed by atoms with van der Waals surface area (Å²) in [5.41, 5.74) is -0.314. The Bertz CT molecular complexity index is 713. The lowest BCUT2D eigenvalue weighted by Crippen LogP contribution is -2.06. The van der Waals surface area contributed by atoms with Crippen LogP contribution in [0.25, 0.3) is 0 Å². The minimum Gasteiger partial charge on any atom is -0.477 e. The summed E-state index contributed by atoms with van der Waals surface area (Å²) in [4.78, 5) is 21.5. The number of aromatic carboxylic acids is 1. The first-order chi connectivity index (χ1) is 9.91. The van der Waals surface area contributed by atoms with Crippen LogP contribution in [-0.2, 0) is 12.8 Å². The monoisotopic (exact) mass is 308 g/mol. The van der Waals surface area contributed by atoms with Gasteiger partial charge in [0.25, 0.3) is 5.69 Å². The van der Waals surface area contributed by atoms with Crippen LogP contribution in [0.15, 0.2) is 23.4 Å². The first kappa shape index (κ1) is 15.0. The zero-order valence-corrected chi connectivity index (χ0v) is 12.1. The molecule has 0 aliphatic carbocycles. The van der Waals surface area contributed by atoms with E-state index in [0.29, 0.717) is 10.7 Å². The van der Waals surface area contributed by atoms with Crippen LogP contribution < -0.4 is 0 Å². The van der Waals surface area contributed by atoms with Crippen LogP contribution in [0.1, 0.15) is 21.7 Å². The number of nitro groups is 1. The molecule has 0 aliphatic heterocycles. The molecule has 1 aromatic carbocycles. The number of carboxylic acid groups (broad SMARTS) is 1. The average Bonchev–Trinajstić information content (AvgIpc) is 2.75. The first-order valence-electron chi connectivity index (χ1n) is 5.90. The molecule has 9 heteroatoms. The number of benzene rings is 1. The summed E-state index contributed by atoms with van der Waals surface area (Å²) < 4.78 is 1.77. The zero-order chi connectivity index (χ0) is 15.6. The topological polar surface area (TPSA) is 111 Å². The summed E-state index contributed by atoms with van der Waals surface area (Å²) >= 11 is 1.28. The van der Waals surface area contributed by atoms with Gasteiger partial charge in [-0.05, 0) is 12.5 Å². The van der Waals surface area contributed by atoms with Crippen LogP contribution in [0.3, 0.4) is 0 Å². The molecule has 0 spiro atoms. The van der Waals surface area contributed by atoms with Crippen molar-refractivity contribution in [2.75, 3.05) is 0 Å². The predicted octanol–water partition coefficient (Wildman–Crippen LogP) is 2.02. The fourth-order valence-corrected chi connectivity index (χ4v) is 2.71. The Kier molecular flexibility index (Phi) is 4.22. The fraction of sp³-hybridized carbons (Fsp3) is 0.250. The van der Waals surface area contributed by atoms with Crippen molar-refractivity contribution in [1.82, 2.24) is 14.8 Å². The fourth-order valence-electron chi connectivity index (χ4n) is 1.76. The molecular weight excluding hydrogens is 296 g/mol. The molecular formula is C12H12N4O4S. The number of aromatic nitrogens is 3. The van der Waals surface area contributed by atoms with Crippen LogP contribution in [-0.4, -0.2) is 30.8 Å². The molecule has 2 aromatic rings. The third-order valence-corrected chi connectivity index (χ3v) is 4.02. The lowest BCUT2D eigenvalue weighted by atomic mass is 10.1. The van der Waals surface area contributed by atoms with E-state index < -0.39 is 16.6 Å². The number of aryl methyl sites for hydroxylation is 1. The Hall–Kier alpha value is -2.42. The molecule has 0 bridgehead atoms. The highest BCUT2D eigenvalue weighted by Gasteiger charge is 2.23. The number of nitro benzene ring substituents is 1. The molecule has 1 heterocycles. The number of carbonyl (C=O) groups is 1. The van der Waals surface area contributed by atoms with Crippen molar-refractivity contribution in [2.45, 2.75) is 17.8 Å². The Morgan fingerprint density at radius 1 is 1.48 bits per heavy atom. The molecule has 0 saturated carbocycles. The molecule has 2 rings (SSSR count). The van der Waals surface area contributed by atoms with Gasteiger partial charge in [-0.25, -0.2) is 4.79 Å². The van der Waals surface area contributed by atoms with Gasteiger partial charge in [-0.3, -0.25) is 10.1 Å². The third-order valence-electron chi connectivity index (χ3n) is 2.95. The van der Waals surface area contributed by atoms with Crippen molar-refractivity contribution in [3.8, 4) is 0 Å². The molecule has 1 N–H and O–H groups in total. The Morgan fingerprint density at radius 3 is 2.71 bits per heavy atom. The van der Waals surface area contributed by atoms with Gasteiger partial charge < -0.3 is 9.67 Å². The molecule has 0 unspecified atom stereocenters. The molecule has 0 radical (unpaired) electrons. The van der Waals surface area contributed by atoms with E-state index in [1.165, 1.54) is 23.9 Å². The van der Waals surface area contributed by atoms with Crippen molar-refractivity contribution in [3.63, 3.8) is 0 Å². The maximum absolute atomic E-state index is 11.3. The van der Waals surface area contributed by atoms with Crippen molar-refractivity contribution in [2.24, 2.45) is 7.05 Å². The third kappa shape index (κ3) is 3.02. The Labute approximate surface area is 124 Å². The van der Waals surface area contributed by atoms with Crippen LogP contribution in [0.5, 0.6) is 0 Å². The SMILES string of the molecule is Cc1nnc(SCc2cccc([N+](=O)[O-])c2C(=O)O)n1C. The van der Waals surface area contributed by atoms with Crippen molar-refractivity contribution in [1.29, 1.82) is 0 Å². The van der Waals surface area contributed by atoms with E-state index in [2.05, 4.69) is 10.2 Å². The smallest absolute Gasteiger partial charge is 0.343 e. The van der Waals surface area contributed by atoms with Crippen LogP contribution in [0, 0.1) is 17.0 Å². The number of hydrogen-bond acceptors (Lipinski definition) is 6. The van der Waals surface area contributed by atoms with Crippen molar-refractivity contribution in [3.05, 3.63) is 45.3 Å². The average molecular weight is 308 g/mol. The summed E-state index contributed by atoms with van der Waals surface area (Å²) in [7, 11) is 1.79. The number of carboxylic acids is 1. The van der Waals surface area contributed by atoms with Gasteiger partial charge in [-0.2, -0.15) is 0 Å². The maximum atomic E-state index is 11.3. The van der Waals surface area contributed by atoms with E-state index in [0.717, 1.165) is 5.82 Å². The predicted molar refractivity (Wildman–Crippen MR) is 75.4 cm³/mol. The largest absolute Gasteiger partial charge is 0.477 e. The van der Waals surface area contributed by atoms with E-state index in [1.54, 1.807) is 24.6 Å². The van der Waals surface area contributed by atoms with Gasteiger partial charge in [0.15, 0.2) is 5.16 Å². The van der Waals surface area contributed by atoms with E-state index in [4.69, 9.17) is 0 Å². The van der Waals surface area contributed by atoms with E-state index in [1.807, 2.05) is 0 Å². The van der Waals surface area contributed by atoms with Gasteiger partial charge in [0, 0.05) is 18.9 Å². The molecule has 21 heavy (non-hydrogen) atoms. The highest BCUT2D eigenvalue weighted by atomic mass is 32.2. The van der Waals surface area contributed by atoms with Crippen molar-refractivity contribution < 1.29 is 14.8 Å². The molecule has 0 amide bonds. The Balaban J connectivity index is 2.32. The highest BCUT2D eigenvalue weighted by Crippen LogP contribution is 2.28. The van der Waals surface area contributed by atoms with Gasteiger partial charge in [0.2, 0.25) is 0 Å². The number of rotatable bonds is 5. The second-order valence-corrected chi connectivity index (χ2v) is 5.19. The normalized spacial score (nSPS) is 10.6. The van der Waals surface area contributed by atoms with E-state index in [9.17, 15) is 20.0 Å². The second-order valence-electron chi connectivity index (χ2n) is 4.25. The summed E-state index contributed by atoms with van der Waals surface area (Å²) in [6.07, 6.45) is 0. The number of nitrogens with zero attached hydrogens (tertiary/aromatic N) is 4.